The lowest BCUT2D eigenvalue weighted by atomic mass is 9.53. The highest BCUT2D eigenvalue weighted by atomic mass is 35.5. The Kier molecular flexibility index (Phi) is 6.62. The second-order valence-corrected chi connectivity index (χ2v) is 12.5. The first-order valence-electron chi connectivity index (χ1n) is 14.1. The minimum atomic E-state index is -1.07. The Morgan fingerprint density at radius 3 is 2.40 bits per heavy atom. The van der Waals surface area contributed by atoms with E-state index in [-0.39, 0.29) is 22.1 Å². The predicted octanol–water partition coefficient (Wildman–Crippen LogP) is 7.98. The van der Waals surface area contributed by atoms with Gasteiger partial charge in [0.25, 0.3) is 0 Å². The molecule has 216 valence electrons. The summed E-state index contributed by atoms with van der Waals surface area (Å²) in [6, 6.07) is 4.88. The van der Waals surface area contributed by atoms with Crippen molar-refractivity contribution in [2.45, 2.75) is 62.7 Å². The van der Waals surface area contributed by atoms with Crippen LogP contribution in [0, 0.1) is 5.41 Å². The van der Waals surface area contributed by atoms with Crippen molar-refractivity contribution in [2.75, 3.05) is 7.11 Å². The summed E-state index contributed by atoms with van der Waals surface area (Å²) in [5, 5.41) is 19.1. The first kappa shape index (κ1) is 27.2. The number of halogens is 2. The molecule has 11 heteroatoms. The maximum Gasteiger partial charge on any atom is 0.339 e. The van der Waals surface area contributed by atoms with Gasteiger partial charge in [-0.15, -0.1) is 0 Å². The number of pyridine rings is 1. The lowest BCUT2D eigenvalue weighted by Crippen LogP contribution is -2.43. The molecule has 4 saturated carbocycles. The van der Waals surface area contributed by atoms with Crippen molar-refractivity contribution in [2.24, 2.45) is 5.41 Å². The minimum Gasteiger partial charge on any atom is -0.496 e. The highest BCUT2D eigenvalue weighted by molar-refractivity contribution is 6.39. The molecule has 0 unspecified atom stereocenters. The van der Waals surface area contributed by atoms with Crippen LogP contribution in [0.1, 0.15) is 84.9 Å². The number of fused-ring (bicyclic) bond motifs is 3. The van der Waals surface area contributed by atoms with Gasteiger partial charge in [-0.3, -0.25) is 4.98 Å². The standard InChI is InChI=1S/C31H28Cl2N4O5/c1-40-23-5-4-18(14-20(23)28(38)39)27-35-29(42-37-27)31-11-8-30(9-12-31,10-13-31)7-6-19-25(36-41-26(19)17-2-3-17)24-21(32)15-34-16-22(24)33/h4-7,14-17H,2-3,8-13H2,1H3,(H,38,39). The average molecular weight is 607 g/mol. The van der Waals surface area contributed by atoms with Crippen LogP contribution in [0.2, 0.25) is 10.0 Å². The summed E-state index contributed by atoms with van der Waals surface area (Å²) in [6.45, 7) is 0. The maximum atomic E-state index is 11.7. The van der Waals surface area contributed by atoms with E-state index in [9.17, 15) is 9.90 Å². The second kappa shape index (κ2) is 10.2. The third-order valence-corrected chi connectivity index (χ3v) is 9.84. The molecule has 0 saturated heterocycles. The molecule has 4 fully saturated rings. The van der Waals surface area contributed by atoms with E-state index >= 15 is 0 Å². The Morgan fingerprint density at radius 1 is 1.05 bits per heavy atom. The molecule has 42 heavy (non-hydrogen) atoms. The molecule has 0 amide bonds. The lowest BCUT2D eigenvalue weighted by Gasteiger charge is -2.50. The molecule has 4 aromatic rings. The van der Waals surface area contributed by atoms with Gasteiger partial charge >= 0.3 is 5.97 Å². The Bertz CT molecular complexity index is 1680. The molecule has 0 spiro atoms. The van der Waals surface area contributed by atoms with E-state index in [1.165, 1.54) is 13.2 Å². The zero-order valence-electron chi connectivity index (χ0n) is 22.9. The van der Waals surface area contributed by atoms with Crippen LogP contribution in [0.5, 0.6) is 5.75 Å². The van der Waals surface area contributed by atoms with E-state index in [1.807, 2.05) is 0 Å². The SMILES string of the molecule is COc1ccc(-c2noc(C34CCC(C=Cc5c(-c6c(Cl)cncc6Cl)noc5C5CC5)(CC3)CC4)n2)cc1C(=O)O. The molecule has 1 aromatic carbocycles. The molecule has 4 aliphatic rings. The van der Waals surface area contributed by atoms with Crippen LogP contribution in [0.3, 0.4) is 0 Å². The number of carboxylic acid groups (broad SMARTS) is 1. The quantitative estimate of drug-likeness (QED) is 0.212. The summed E-state index contributed by atoms with van der Waals surface area (Å²) in [6.07, 6.45) is 15.6. The largest absolute Gasteiger partial charge is 0.496 e. The molecule has 0 radical (unpaired) electrons. The van der Waals surface area contributed by atoms with Crippen molar-refractivity contribution in [3.8, 4) is 28.4 Å². The number of methoxy groups -OCH3 is 1. The number of ether oxygens (including phenoxy) is 1. The van der Waals surface area contributed by atoms with Gasteiger partial charge in [-0.25, -0.2) is 4.79 Å². The summed E-state index contributed by atoms with van der Waals surface area (Å²) < 4.78 is 16.8. The van der Waals surface area contributed by atoms with E-state index < -0.39 is 5.97 Å². The zero-order chi connectivity index (χ0) is 29.1. The van der Waals surface area contributed by atoms with E-state index in [0.717, 1.165) is 62.7 Å². The number of carbonyl (C=O) groups is 1. The van der Waals surface area contributed by atoms with Gasteiger partial charge in [0, 0.05) is 40.4 Å². The number of benzene rings is 1. The summed E-state index contributed by atoms with van der Waals surface area (Å²) >= 11 is 13.0. The fourth-order valence-corrected chi connectivity index (χ4v) is 7.09. The third kappa shape index (κ3) is 4.59. The maximum absolute atomic E-state index is 11.7. The van der Waals surface area contributed by atoms with Gasteiger partial charge in [-0.2, -0.15) is 4.98 Å². The highest BCUT2D eigenvalue weighted by Gasteiger charge is 2.51. The Labute approximate surface area is 251 Å². The third-order valence-electron chi connectivity index (χ3n) is 9.27. The van der Waals surface area contributed by atoms with Crippen LogP contribution in [0.25, 0.3) is 28.7 Å². The summed E-state index contributed by atoms with van der Waals surface area (Å²) in [4.78, 5) is 20.5. The first-order chi connectivity index (χ1) is 20.3. The number of hydrogen-bond acceptors (Lipinski definition) is 8. The fourth-order valence-electron chi connectivity index (χ4n) is 6.54. The fraction of sp³-hybridized carbons (Fsp3) is 0.387. The molecule has 3 aromatic heterocycles. The molecule has 4 aliphatic carbocycles. The van der Waals surface area contributed by atoms with Gasteiger partial charge in [0.15, 0.2) is 0 Å². The number of aromatic nitrogens is 4. The average Bonchev–Trinajstić information content (AvgIpc) is 3.56. The molecule has 3 heterocycles. The Morgan fingerprint density at radius 2 is 1.76 bits per heavy atom. The van der Waals surface area contributed by atoms with E-state index in [2.05, 4.69) is 27.4 Å². The lowest BCUT2D eigenvalue weighted by molar-refractivity contribution is 0.0569. The molecule has 8 rings (SSSR count). The smallest absolute Gasteiger partial charge is 0.339 e. The van der Waals surface area contributed by atoms with Gasteiger partial charge in [0.2, 0.25) is 11.7 Å². The van der Waals surface area contributed by atoms with Crippen molar-refractivity contribution >= 4 is 35.2 Å². The van der Waals surface area contributed by atoms with Crippen molar-refractivity contribution in [1.29, 1.82) is 0 Å². The number of rotatable bonds is 8. The van der Waals surface area contributed by atoms with Gasteiger partial charge in [-0.1, -0.05) is 45.7 Å². The molecule has 2 bridgehead atoms. The first-order valence-corrected chi connectivity index (χ1v) is 14.8. The van der Waals surface area contributed by atoms with Gasteiger partial charge in [-0.05, 0) is 75.0 Å². The van der Waals surface area contributed by atoms with Gasteiger partial charge < -0.3 is 18.9 Å². The summed E-state index contributed by atoms with van der Waals surface area (Å²) in [7, 11) is 1.44. The highest BCUT2D eigenvalue weighted by Crippen LogP contribution is 2.58. The molecular formula is C31H28Cl2N4O5. The molecule has 0 aliphatic heterocycles. The van der Waals surface area contributed by atoms with Crippen LogP contribution in [0.4, 0.5) is 0 Å². The molecule has 1 N–H and O–H groups in total. The van der Waals surface area contributed by atoms with Gasteiger partial charge in [0.05, 0.1) is 17.2 Å². The summed E-state index contributed by atoms with van der Waals surface area (Å²) in [5.74, 6) is 1.49. The van der Waals surface area contributed by atoms with Crippen molar-refractivity contribution in [1.82, 2.24) is 20.3 Å². The van der Waals surface area contributed by atoms with Crippen molar-refractivity contribution < 1.29 is 23.7 Å². The minimum absolute atomic E-state index is 0.0537. The predicted molar refractivity (Wildman–Crippen MR) is 156 cm³/mol. The van der Waals surface area contributed by atoms with E-state index in [4.69, 9.17) is 42.0 Å². The molecule has 0 atom stereocenters. The number of allylic oxidation sites excluding steroid dienone is 1. The normalized spacial score (nSPS) is 23.5. The van der Waals surface area contributed by atoms with Crippen LogP contribution in [0.15, 0.2) is 45.7 Å². The van der Waals surface area contributed by atoms with E-state index in [1.54, 1.807) is 24.5 Å². The second-order valence-electron chi connectivity index (χ2n) is 11.7. The number of nitrogens with zero attached hydrogens (tertiary/aromatic N) is 4. The van der Waals surface area contributed by atoms with Crippen LogP contribution in [-0.4, -0.2) is 38.5 Å². The number of aromatic carboxylic acids is 1. The molecule has 9 nitrogen and oxygen atoms in total. The monoisotopic (exact) mass is 606 g/mol. The number of hydrogen-bond donors (Lipinski definition) is 1. The van der Waals surface area contributed by atoms with E-state index in [0.29, 0.717) is 44.5 Å². The Hall–Kier alpha value is -3.69. The Balaban J connectivity index is 1.13. The summed E-state index contributed by atoms with van der Waals surface area (Å²) in [5.41, 5.74) is 2.76. The van der Waals surface area contributed by atoms with Crippen LogP contribution >= 0.6 is 23.2 Å². The van der Waals surface area contributed by atoms with Crippen molar-refractivity contribution in [3.05, 3.63) is 69.5 Å². The molecular weight excluding hydrogens is 579 g/mol. The zero-order valence-corrected chi connectivity index (χ0v) is 24.4. The topological polar surface area (TPSA) is 124 Å². The van der Waals surface area contributed by atoms with Crippen LogP contribution < -0.4 is 4.74 Å². The van der Waals surface area contributed by atoms with Crippen molar-refractivity contribution in [3.63, 3.8) is 0 Å². The van der Waals surface area contributed by atoms with Crippen LogP contribution in [-0.2, 0) is 5.41 Å². The number of carboxylic acids is 1. The van der Waals surface area contributed by atoms with Gasteiger partial charge in [0.1, 0.15) is 22.8 Å².